The average molecular weight is 555 g/mol. The van der Waals surface area contributed by atoms with Crippen LogP contribution < -0.4 is 21.5 Å². The van der Waals surface area contributed by atoms with E-state index >= 15 is 0 Å². The van der Waals surface area contributed by atoms with Gasteiger partial charge < -0.3 is 25.5 Å². The summed E-state index contributed by atoms with van der Waals surface area (Å²) in [5.74, 6) is -1.27. The Labute approximate surface area is 219 Å². The van der Waals surface area contributed by atoms with E-state index < -0.39 is 41.4 Å². The minimum atomic E-state index is -4.61. The van der Waals surface area contributed by atoms with Gasteiger partial charge in [-0.1, -0.05) is 24.3 Å². The maximum Gasteiger partial charge on any atom is 0.417 e. The van der Waals surface area contributed by atoms with Crippen LogP contribution in [-0.2, 0) is 25.2 Å². The lowest BCUT2D eigenvalue weighted by Crippen LogP contribution is -2.36. The van der Waals surface area contributed by atoms with Crippen molar-refractivity contribution in [2.75, 3.05) is 31.1 Å². The summed E-state index contributed by atoms with van der Waals surface area (Å²) in [5, 5.41) is 2.78. The summed E-state index contributed by atoms with van der Waals surface area (Å²) in [4.78, 5) is 51.7. The van der Waals surface area contributed by atoms with Gasteiger partial charge in [-0.15, -0.1) is 12.4 Å². The molecule has 1 aliphatic rings. The van der Waals surface area contributed by atoms with Crippen LogP contribution in [0.5, 0.6) is 0 Å². The zero-order valence-corrected chi connectivity index (χ0v) is 20.4. The molecular formula is C24H22ClF3N4O6. The van der Waals surface area contributed by atoms with E-state index in [4.69, 9.17) is 15.2 Å². The largest absolute Gasteiger partial charge is 0.460 e. The predicted octanol–water partition coefficient (Wildman–Crippen LogP) is 2.58. The number of ether oxygens (including phenoxy) is 2. The Balaban J connectivity index is 0.00000400. The van der Waals surface area contributed by atoms with Gasteiger partial charge in [0, 0.05) is 22.3 Å². The minimum absolute atomic E-state index is 0. The number of benzene rings is 2. The van der Waals surface area contributed by atoms with Gasteiger partial charge in [0.15, 0.2) is 6.10 Å². The molecule has 0 aliphatic carbocycles. The molecule has 202 valence electrons. The Kier molecular flexibility index (Phi) is 8.63. The molecule has 0 spiro atoms. The van der Waals surface area contributed by atoms with Gasteiger partial charge >= 0.3 is 18.2 Å². The monoisotopic (exact) mass is 554 g/mol. The fraction of sp³-hybridized carbons (Fsp3) is 0.250. The molecule has 1 atom stereocenters. The number of rotatable bonds is 7. The number of aromatic amines is 1. The summed E-state index contributed by atoms with van der Waals surface area (Å²) >= 11 is 0. The Morgan fingerprint density at radius 1 is 1.16 bits per heavy atom. The highest BCUT2D eigenvalue weighted by molar-refractivity contribution is 5.95. The molecule has 4 N–H and O–H groups in total. The number of pyridine rings is 1. The second kappa shape index (κ2) is 11.5. The van der Waals surface area contributed by atoms with Crippen molar-refractivity contribution in [2.45, 2.75) is 12.3 Å². The topological polar surface area (TPSA) is 144 Å². The number of nitrogens with zero attached hydrogens (tertiary/aromatic N) is 1. The summed E-state index contributed by atoms with van der Waals surface area (Å²) in [6, 6.07) is 10.8. The SMILES string of the molecule is Cl.NCC(=O)NCC(=O)OCC1CN(c2ccc3cc(-c4ccccc4C(F)(F)F)[nH]c(=O)c3c2)C(=O)O1. The van der Waals surface area contributed by atoms with Crippen LogP contribution >= 0.6 is 12.4 Å². The van der Waals surface area contributed by atoms with Gasteiger partial charge in [0.05, 0.1) is 18.7 Å². The molecule has 0 saturated carbocycles. The fourth-order valence-corrected chi connectivity index (χ4v) is 3.83. The van der Waals surface area contributed by atoms with Crippen molar-refractivity contribution in [1.29, 1.82) is 0 Å². The van der Waals surface area contributed by atoms with Crippen molar-refractivity contribution in [1.82, 2.24) is 10.3 Å². The van der Waals surface area contributed by atoms with Crippen molar-refractivity contribution in [3.63, 3.8) is 0 Å². The number of alkyl halides is 3. The smallest absolute Gasteiger partial charge is 0.417 e. The van der Waals surface area contributed by atoms with E-state index in [0.717, 1.165) is 6.07 Å². The number of fused-ring (bicyclic) bond motifs is 1. The van der Waals surface area contributed by atoms with Crippen molar-refractivity contribution in [2.24, 2.45) is 5.73 Å². The van der Waals surface area contributed by atoms with Crippen LogP contribution in [0.3, 0.4) is 0 Å². The highest BCUT2D eigenvalue weighted by atomic mass is 35.5. The number of aromatic nitrogens is 1. The summed E-state index contributed by atoms with van der Waals surface area (Å²) < 4.78 is 50.5. The third-order valence-electron chi connectivity index (χ3n) is 5.58. The van der Waals surface area contributed by atoms with Gasteiger partial charge in [-0.25, -0.2) is 4.79 Å². The molecule has 2 amide bonds. The van der Waals surface area contributed by atoms with E-state index in [-0.39, 0.29) is 55.3 Å². The summed E-state index contributed by atoms with van der Waals surface area (Å²) in [6.45, 7) is -0.903. The zero-order chi connectivity index (χ0) is 26.7. The first-order valence-electron chi connectivity index (χ1n) is 11.0. The van der Waals surface area contributed by atoms with Crippen molar-refractivity contribution in [3.05, 3.63) is 64.4 Å². The standard InChI is InChI=1S/C24H21F3N4O6.ClH/c25-24(26,27)18-4-2-1-3-16(18)19-7-13-5-6-14(8-17(13)22(34)30-19)31-11-15(37-23(31)35)12-36-21(33)10-29-20(32)9-28;/h1-8,15H,9-12,28H2,(H,29,32)(H,30,34);1H. The molecule has 0 radical (unpaired) electrons. The number of hydrogen-bond donors (Lipinski definition) is 3. The van der Waals surface area contributed by atoms with E-state index in [2.05, 4.69) is 10.3 Å². The van der Waals surface area contributed by atoms with Crippen molar-refractivity contribution in [3.8, 4) is 11.3 Å². The fourth-order valence-electron chi connectivity index (χ4n) is 3.83. The number of nitrogens with one attached hydrogen (secondary N) is 2. The van der Waals surface area contributed by atoms with Crippen LogP contribution in [0.15, 0.2) is 53.3 Å². The number of halogens is 4. The van der Waals surface area contributed by atoms with Crippen molar-refractivity contribution >= 4 is 46.8 Å². The molecule has 38 heavy (non-hydrogen) atoms. The minimum Gasteiger partial charge on any atom is -0.460 e. The van der Waals surface area contributed by atoms with Crippen LogP contribution in [0, 0.1) is 0 Å². The van der Waals surface area contributed by atoms with Gasteiger partial charge in [-0.3, -0.25) is 19.3 Å². The van der Waals surface area contributed by atoms with Crippen LogP contribution in [0.25, 0.3) is 22.0 Å². The Morgan fingerprint density at radius 2 is 1.89 bits per heavy atom. The van der Waals surface area contributed by atoms with E-state index in [1.807, 2.05) is 0 Å². The van der Waals surface area contributed by atoms with Gasteiger partial charge in [0.2, 0.25) is 5.91 Å². The molecule has 1 aliphatic heterocycles. The quantitative estimate of drug-likeness (QED) is 0.381. The van der Waals surface area contributed by atoms with Gasteiger partial charge in [-0.2, -0.15) is 13.2 Å². The number of carbonyl (C=O) groups is 3. The maximum absolute atomic E-state index is 13.4. The molecule has 14 heteroatoms. The molecule has 3 aromatic rings. The molecule has 2 heterocycles. The van der Waals surface area contributed by atoms with E-state index in [1.54, 1.807) is 0 Å². The van der Waals surface area contributed by atoms with Gasteiger partial charge in [0.1, 0.15) is 13.2 Å². The number of carbonyl (C=O) groups excluding carboxylic acids is 3. The second-order valence-electron chi connectivity index (χ2n) is 8.11. The number of anilines is 1. The average Bonchev–Trinajstić information content (AvgIpc) is 3.25. The number of esters is 1. The molecule has 1 fully saturated rings. The Bertz CT molecular complexity index is 1430. The van der Waals surface area contributed by atoms with Crippen LogP contribution in [0.4, 0.5) is 23.7 Å². The van der Waals surface area contributed by atoms with E-state index in [9.17, 15) is 32.3 Å². The predicted molar refractivity (Wildman–Crippen MR) is 133 cm³/mol. The highest BCUT2D eigenvalue weighted by Gasteiger charge is 2.35. The van der Waals surface area contributed by atoms with Gasteiger partial charge in [-0.05, 0) is 29.7 Å². The van der Waals surface area contributed by atoms with Crippen LogP contribution in [-0.4, -0.2) is 55.3 Å². The molecule has 0 bridgehead atoms. The first kappa shape index (κ1) is 28.5. The molecule has 10 nitrogen and oxygen atoms in total. The van der Waals surface area contributed by atoms with E-state index in [1.165, 1.54) is 47.4 Å². The lowest BCUT2D eigenvalue weighted by molar-refractivity contribution is -0.146. The lowest BCUT2D eigenvalue weighted by Gasteiger charge is -2.15. The molecule has 1 unspecified atom stereocenters. The molecular weight excluding hydrogens is 533 g/mol. The highest BCUT2D eigenvalue weighted by Crippen LogP contribution is 2.36. The number of H-pyrrole nitrogens is 1. The number of hydrogen-bond acceptors (Lipinski definition) is 7. The van der Waals surface area contributed by atoms with Gasteiger partial charge in [0.25, 0.3) is 5.56 Å². The molecule has 1 saturated heterocycles. The third kappa shape index (κ3) is 6.23. The second-order valence-corrected chi connectivity index (χ2v) is 8.11. The zero-order valence-electron chi connectivity index (χ0n) is 19.5. The molecule has 2 aromatic carbocycles. The first-order valence-corrected chi connectivity index (χ1v) is 11.0. The number of cyclic esters (lactones) is 1. The first-order chi connectivity index (χ1) is 17.6. The van der Waals surface area contributed by atoms with E-state index in [0.29, 0.717) is 11.1 Å². The summed E-state index contributed by atoms with van der Waals surface area (Å²) in [5.41, 5.74) is 3.77. The van der Waals surface area contributed by atoms with Crippen LogP contribution in [0.2, 0.25) is 0 Å². The summed E-state index contributed by atoms with van der Waals surface area (Å²) in [6.07, 6.45) is -6.13. The Hall–Kier alpha value is -4.10. The summed E-state index contributed by atoms with van der Waals surface area (Å²) in [7, 11) is 0. The molecule has 4 rings (SSSR count). The normalized spacial score (nSPS) is 15.1. The third-order valence-corrected chi connectivity index (χ3v) is 5.58. The van der Waals surface area contributed by atoms with Crippen LogP contribution in [0.1, 0.15) is 5.56 Å². The number of nitrogens with two attached hydrogens (primary N) is 1. The lowest BCUT2D eigenvalue weighted by atomic mass is 10.0. The number of amides is 2. The Morgan fingerprint density at radius 3 is 2.61 bits per heavy atom. The molecule has 1 aromatic heterocycles. The maximum atomic E-state index is 13.4. The van der Waals surface area contributed by atoms with Crippen molar-refractivity contribution < 1.29 is 37.0 Å².